The molecule has 3 nitrogen and oxygen atoms in total. The summed E-state index contributed by atoms with van der Waals surface area (Å²) in [6.07, 6.45) is 0. The zero-order valence-corrected chi connectivity index (χ0v) is 15.4. The first-order chi connectivity index (χ1) is 13.1. The predicted octanol–water partition coefficient (Wildman–Crippen LogP) is 5.27. The van der Waals surface area contributed by atoms with Crippen molar-refractivity contribution in [2.45, 2.75) is 0 Å². The summed E-state index contributed by atoms with van der Waals surface area (Å²) in [6, 6.07) is 28.3. The van der Waals surface area contributed by atoms with Crippen LogP contribution in [-0.2, 0) is 0 Å². The third-order valence-electron chi connectivity index (χ3n) is 4.63. The maximum Gasteiger partial charge on any atom is 0.253 e. The second kappa shape index (κ2) is 7.04. The van der Waals surface area contributed by atoms with Gasteiger partial charge >= 0.3 is 0 Å². The van der Waals surface area contributed by atoms with E-state index in [1.807, 2.05) is 48.5 Å². The molecule has 4 rings (SSSR count). The summed E-state index contributed by atoms with van der Waals surface area (Å²) in [6.45, 7) is 0. The lowest BCUT2D eigenvalue weighted by molar-refractivity contribution is 0.0827. The maximum atomic E-state index is 12.1. The van der Waals surface area contributed by atoms with Crippen molar-refractivity contribution in [1.82, 2.24) is 9.88 Å². The van der Waals surface area contributed by atoms with Gasteiger partial charge in [-0.05, 0) is 41.5 Å². The van der Waals surface area contributed by atoms with Crippen LogP contribution in [0.2, 0.25) is 0 Å². The van der Waals surface area contributed by atoms with Crippen molar-refractivity contribution in [2.75, 3.05) is 14.1 Å². The van der Waals surface area contributed by atoms with Crippen LogP contribution >= 0.6 is 0 Å². The molecule has 0 saturated heterocycles. The fourth-order valence-electron chi connectivity index (χ4n) is 3.15. The molecule has 0 aliphatic carbocycles. The summed E-state index contributed by atoms with van der Waals surface area (Å²) in [5.74, 6) is 0.00987. The van der Waals surface area contributed by atoms with Gasteiger partial charge in [0.25, 0.3) is 5.91 Å². The molecule has 0 aliphatic rings. The Morgan fingerprint density at radius 1 is 0.741 bits per heavy atom. The Morgan fingerprint density at radius 2 is 1.48 bits per heavy atom. The van der Waals surface area contributed by atoms with Crippen molar-refractivity contribution in [3.8, 4) is 22.4 Å². The van der Waals surface area contributed by atoms with E-state index in [1.54, 1.807) is 19.0 Å². The second-order valence-corrected chi connectivity index (χ2v) is 6.75. The van der Waals surface area contributed by atoms with Gasteiger partial charge in [0.05, 0.1) is 11.2 Å². The number of pyridine rings is 1. The number of aromatic nitrogens is 1. The fraction of sp³-hybridized carbons (Fsp3) is 0.0833. The number of amides is 1. The Bertz CT molecular complexity index is 1110. The van der Waals surface area contributed by atoms with Crippen LogP contribution in [0.3, 0.4) is 0 Å². The Balaban J connectivity index is 1.68. The van der Waals surface area contributed by atoms with Gasteiger partial charge in [-0.3, -0.25) is 4.79 Å². The largest absolute Gasteiger partial charge is 0.345 e. The van der Waals surface area contributed by atoms with Crippen LogP contribution in [0.4, 0.5) is 0 Å². The molecule has 3 heteroatoms. The lowest BCUT2D eigenvalue weighted by Gasteiger charge is -2.11. The molecular weight excluding hydrogens is 332 g/mol. The fourth-order valence-corrected chi connectivity index (χ4v) is 3.15. The molecule has 0 unspecified atom stereocenters. The molecule has 0 saturated carbocycles. The minimum Gasteiger partial charge on any atom is -0.345 e. The van der Waals surface area contributed by atoms with Crippen LogP contribution in [0.1, 0.15) is 10.4 Å². The number of carbonyl (C=O) groups is 1. The van der Waals surface area contributed by atoms with Crippen molar-refractivity contribution in [3.63, 3.8) is 0 Å². The highest BCUT2D eigenvalue weighted by Crippen LogP contribution is 2.27. The number of hydrogen-bond donors (Lipinski definition) is 0. The zero-order valence-electron chi connectivity index (χ0n) is 15.4. The lowest BCUT2D eigenvalue weighted by atomic mass is 10.00. The van der Waals surface area contributed by atoms with Crippen LogP contribution in [-0.4, -0.2) is 29.9 Å². The van der Waals surface area contributed by atoms with Gasteiger partial charge in [-0.1, -0.05) is 54.6 Å². The number of benzene rings is 3. The smallest absolute Gasteiger partial charge is 0.253 e. The molecule has 0 atom stereocenters. The van der Waals surface area contributed by atoms with E-state index in [0.717, 1.165) is 33.3 Å². The molecule has 3 aromatic carbocycles. The predicted molar refractivity (Wildman–Crippen MR) is 111 cm³/mol. The summed E-state index contributed by atoms with van der Waals surface area (Å²) in [7, 11) is 3.52. The van der Waals surface area contributed by atoms with Gasteiger partial charge in [0.2, 0.25) is 0 Å². The molecule has 27 heavy (non-hydrogen) atoms. The SMILES string of the molecule is CN(C)C(=O)c1ccc(-c2cccc(-c3ccc4ccccc4n3)c2)cc1. The molecule has 132 valence electrons. The minimum atomic E-state index is 0.00987. The van der Waals surface area contributed by atoms with Crippen molar-refractivity contribution in [1.29, 1.82) is 0 Å². The summed E-state index contributed by atoms with van der Waals surface area (Å²) < 4.78 is 0. The molecule has 1 amide bonds. The van der Waals surface area contributed by atoms with E-state index in [2.05, 4.69) is 36.4 Å². The highest BCUT2D eigenvalue weighted by molar-refractivity contribution is 5.94. The van der Waals surface area contributed by atoms with Crippen molar-refractivity contribution < 1.29 is 4.79 Å². The maximum absolute atomic E-state index is 12.1. The number of hydrogen-bond acceptors (Lipinski definition) is 2. The first-order valence-electron chi connectivity index (χ1n) is 8.90. The number of rotatable bonds is 3. The van der Waals surface area contributed by atoms with Crippen LogP contribution in [0, 0.1) is 0 Å². The molecular formula is C24H20N2O. The monoisotopic (exact) mass is 352 g/mol. The summed E-state index contributed by atoms with van der Waals surface area (Å²) in [5, 5.41) is 1.14. The summed E-state index contributed by atoms with van der Waals surface area (Å²) >= 11 is 0. The molecule has 1 aromatic heterocycles. The second-order valence-electron chi connectivity index (χ2n) is 6.75. The van der Waals surface area contributed by atoms with E-state index in [4.69, 9.17) is 4.98 Å². The minimum absolute atomic E-state index is 0.00987. The van der Waals surface area contributed by atoms with Crippen LogP contribution in [0.5, 0.6) is 0 Å². The van der Waals surface area contributed by atoms with Gasteiger partial charge in [-0.15, -0.1) is 0 Å². The average Bonchev–Trinajstić information content (AvgIpc) is 2.73. The third kappa shape index (κ3) is 3.44. The van der Waals surface area contributed by atoms with Crippen LogP contribution < -0.4 is 0 Å². The first-order valence-corrected chi connectivity index (χ1v) is 8.90. The van der Waals surface area contributed by atoms with Gasteiger partial charge in [0.15, 0.2) is 0 Å². The van der Waals surface area contributed by atoms with Crippen molar-refractivity contribution in [2.24, 2.45) is 0 Å². The van der Waals surface area contributed by atoms with E-state index in [1.165, 1.54) is 0 Å². The summed E-state index contributed by atoms with van der Waals surface area (Å²) in [5.41, 5.74) is 5.89. The standard InChI is InChI=1S/C24H20N2O/c1-26(2)24(27)19-12-10-17(11-13-19)20-7-5-8-21(16-20)23-15-14-18-6-3-4-9-22(18)25-23/h3-16H,1-2H3. The van der Waals surface area contributed by atoms with Crippen LogP contribution in [0.15, 0.2) is 84.9 Å². The van der Waals surface area contributed by atoms with E-state index in [-0.39, 0.29) is 5.91 Å². The zero-order chi connectivity index (χ0) is 18.8. The highest BCUT2D eigenvalue weighted by atomic mass is 16.2. The van der Waals surface area contributed by atoms with E-state index < -0.39 is 0 Å². The van der Waals surface area contributed by atoms with Crippen molar-refractivity contribution >= 4 is 16.8 Å². The topological polar surface area (TPSA) is 33.2 Å². The molecule has 0 radical (unpaired) electrons. The van der Waals surface area contributed by atoms with Gasteiger partial charge in [0, 0.05) is 30.6 Å². The molecule has 0 fully saturated rings. The van der Waals surface area contributed by atoms with Gasteiger partial charge in [0.1, 0.15) is 0 Å². The van der Waals surface area contributed by atoms with Crippen molar-refractivity contribution in [3.05, 3.63) is 90.5 Å². The Kier molecular flexibility index (Phi) is 4.43. The average molecular weight is 352 g/mol. The first kappa shape index (κ1) is 17.0. The third-order valence-corrected chi connectivity index (χ3v) is 4.63. The number of fused-ring (bicyclic) bond motifs is 1. The number of carbonyl (C=O) groups excluding carboxylic acids is 1. The normalized spacial score (nSPS) is 10.7. The molecule has 1 heterocycles. The Labute approximate surface area is 158 Å². The van der Waals surface area contributed by atoms with E-state index in [9.17, 15) is 4.79 Å². The lowest BCUT2D eigenvalue weighted by Crippen LogP contribution is -2.21. The molecule has 0 aliphatic heterocycles. The molecule has 0 spiro atoms. The van der Waals surface area contributed by atoms with Gasteiger partial charge in [-0.25, -0.2) is 4.98 Å². The number of nitrogens with zero attached hydrogens (tertiary/aromatic N) is 2. The van der Waals surface area contributed by atoms with E-state index >= 15 is 0 Å². The summed E-state index contributed by atoms with van der Waals surface area (Å²) in [4.78, 5) is 18.4. The molecule has 4 aromatic rings. The number of para-hydroxylation sites is 1. The highest BCUT2D eigenvalue weighted by Gasteiger charge is 2.08. The molecule has 0 N–H and O–H groups in total. The quantitative estimate of drug-likeness (QED) is 0.503. The van der Waals surface area contributed by atoms with Crippen LogP contribution in [0.25, 0.3) is 33.3 Å². The Morgan fingerprint density at radius 3 is 2.26 bits per heavy atom. The van der Waals surface area contributed by atoms with Gasteiger partial charge < -0.3 is 4.90 Å². The molecule has 0 bridgehead atoms. The van der Waals surface area contributed by atoms with Gasteiger partial charge in [-0.2, -0.15) is 0 Å². The van der Waals surface area contributed by atoms with E-state index in [0.29, 0.717) is 5.56 Å². The Hall–Kier alpha value is -3.46.